The van der Waals surface area contributed by atoms with E-state index in [1.165, 1.54) is 39.3 Å². The predicted molar refractivity (Wildman–Crippen MR) is 66.8 cm³/mol. The van der Waals surface area contributed by atoms with Gasteiger partial charge in [0.15, 0.2) is 0 Å². The highest BCUT2D eigenvalue weighted by molar-refractivity contribution is 5.64. The zero-order valence-corrected chi connectivity index (χ0v) is 10.7. The molecule has 4 saturated heterocycles. The standard InChI is InChI=1S/C13H23N3/c1-12(2,3)7-14-13-4-11-5-15(8-13)10-16(6-11)9-13/h7,11H,4-6,8-10H2,1-3H3. The summed E-state index contributed by atoms with van der Waals surface area (Å²) in [5.41, 5.74) is 0.445. The maximum absolute atomic E-state index is 4.98. The van der Waals surface area contributed by atoms with E-state index in [-0.39, 0.29) is 11.0 Å². The Morgan fingerprint density at radius 2 is 1.81 bits per heavy atom. The van der Waals surface area contributed by atoms with Gasteiger partial charge in [0.05, 0.1) is 12.2 Å². The fourth-order valence-corrected chi connectivity index (χ4v) is 3.56. The van der Waals surface area contributed by atoms with E-state index in [4.69, 9.17) is 4.99 Å². The van der Waals surface area contributed by atoms with Crippen molar-refractivity contribution in [2.75, 3.05) is 32.8 Å². The maximum Gasteiger partial charge on any atom is 0.0861 e. The van der Waals surface area contributed by atoms with E-state index in [1.54, 1.807) is 0 Å². The van der Waals surface area contributed by atoms with Crippen molar-refractivity contribution in [3.8, 4) is 0 Å². The van der Waals surface area contributed by atoms with Crippen molar-refractivity contribution in [1.29, 1.82) is 0 Å². The second kappa shape index (κ2) is 3.30. The van der Waals surface area contributed by atoms with Crippen LogP contribution in [0.15, 0.2) is 4.99 Å². The Kier molecular flexibility index (Phi) is 2.21. The lowest BCUT2D eigenvalue weighted by atomic mass is 9.77. The van der Waals surface area contributed by atoms with Gasteiger partial charge in [-0.25, -0.2) is 0 Å². The lowest BCUT2D eigenvalue weighted by Gasteiger charge is -2.57. The van der Waals surface area contributed by atoms with Crippen LogP contribution in [-0.2, 0) is 0 Å². The molecule has 4 fully saturated rings. The van der Waals surface area contributed by atoms with Gasteiger partial charge in [-0.15, -0.1) is 0 Å². The van der Waals surface area contributed by atoms with Crippen molar-refractivity contribution in [2.45, 2.75) is 32.7 Å². The average Bonchev–Trinajstić information content (AvgIpc) is 2.11. The molecule has 2 unspecified atom stereocenters. The van der Waals surface area contributed by atoms with Gasteiger partial charge in [-0.3, -0.25) is 14.8 Å². The van der Waals surface area contributed by atoms with E-state index < -0.39 is 0 Å². The van der Waals surface area contributed by atoms with Crippen LogP contribution >= 0.6 is 0 Å². The molecule has 4 aliphatic heterocycles. The van der Waals surface area contributed by atoms with E-state index in [2.05, 4.69) is 36.8 Å². The smallest absolute Gasteiger partial charge is 0.0861 e. The van der Waals surface area contributed by atoms with Crippen LogP contribution in [0.5, 0.6) is 0 Å². The van der Waals surface area contributed by atoms with Crippen LogP contribution in [0.25, 0.3) is 0 Å². The van der Waals surface area contributed by atoms with E-state index in [0.29, 0.717) is 0 Å². The lowest BCUT2D eigenvalue weighted by molar-refractivity contribution is -0.0808. The van der Waals surface area contributed by atoms with Gasteiger partial charge in [-0.05, 0) is 17.8 Å². The SMILES string of the molecule is CC(C)(C)C=NC12CC3CN(CN(C3)C1)C2. The predicted octanol–water partition coefficient (Wildman–Crippen LogP) is 1.45. The molecule has 4 rings (SSSR count). The second-order valence-electron chi connectivity index (χ2n) is 7.08. The van der Waals surface area contributed by atoms with Crippen molar-refractivity contribution in [3.05, 3.63) is 0 Å². The average molecular weight is 221 g/mol. The monoisotopic (exact) mass is 221 g/mol. The first kappa shape index (κ1) is 10.7. The summed E-state index contributed by atoms with van der Waals surface area (Å²) in [5.74, 6) is 0.869. The topological polar surface area (TPSA) is 18.8 Å². The van der Waals surface area contributed by atoms with Crippen LogP contribution in [0.3, 0.4) is 0 Å². The summed E-state index contributed by atoms with van der Waals surface area (Å²) in [7, 11) is 0. The number of hydrogen-bond acceptors (Lipinski definition) is 3. The summed E-state index contributed by atoms with van der Waals surface area (Å²) >= 11 is 0. The summed E-state index contributed by atoms with van der Waals surface area (Å²) in [6.45, 7) is 12.9. The molecule has 4 aliphatic rings. The minimum Gasteiger partial charge on any atom is -0.288 e. The van der Waals surface area contributed by atoms with Gasteiger partial charge in [0.1, 0.15) is 0 Å². The summed E-state index contributed by atoms with van der Waals surface area (Å²) < 4.78 is 0. The van der Waals surface area contributed by atoms with Gasteiger partial charge in [-0.2, -0.15) is 0 Å². The van der Waals surface area contributed by atoms with Gasteiger partial charge in [0.25, 0.3) is 0 Å². The molecule has 4 bridgehead atoms. The molecule has 2 atom stereocenters. The molecular weight excluding hydrogens is 198 g/mol. The summed E-state index contributed by atoms with van der Waals surface area (Å²) in [5, 5.41) is 0. The first-order valence-corrected chi connectivity index (χ1v) is 6.45. The molecule has 90 valence electrons. The lowest BCUT2D eigenvalue weighted by Crippen LogP contribution is -2.69. The van der Waals surface area contributed by atoms with Crippen molar-refractivity contribution >= 4 is 6.21 Å². The minimum atomic E-state index is 0.216. The fourth-order valence-electron chi connectivity index (χ4n) is 3.56. The number of hydrogen-bond donors (Lipinski definition) is 0. The number of rotatable bonds is 1. The van der Waals surface area contributed by atoms with E-state index in [1.807, 2.05) is 0 Å². The van der Waals surface area contributed by atoms with Crippen LogP contribution in [0, 0.1) is 11.3 Å². The molecule has 0 spiro atoms. The number of piperidine rings is 2. The van der Waals surface area contributed by atoms with Gasteiger partial charge < -0.3 is 0 Å². The normalized spacial score (nSPS) is 46.8. The van der Waals surface area contributed by atoms with Crippen LogP contribution in [0.1, 0.15) is 27.2 Å². The third kappa shape index (κ3) is 1.91. The van der Waals surface area contributed by atoms with Crippen LogP contribution in [0.4, 0.5) is 0 Å². The number of aliphatic imine (C=N–C) groups is 1. The molecule has 0 aromatic carbocycles. The first-order chi connectivity index (χ1) is 7.44. The molecule has 4 heterocycles. The Bertz CT molecular complexity index is 278. The molecule has 0 N–H and O–H groups in total. The Labute approximate surface area is 98.5 Å². The highest BCUT2D eigenvalue weighted by Crippen LogP contribution is 2.39. The number of nitrogens with zero attached hydrogens (tertiary/aromatic N) is 3. The third-order valence-corrected chi connectivity index (χ3v) is 3.86. The van der Waals surface area contributed by atoms with Crippen LogP contribution in [-0.4, -0.2) is 54.4 Å². The van der Waals surface area contributed by atoms with Gasteiger partial charge in [0, 0.05) is 32.4 Å². The molecule has 0 saturated carbocycles. The fraction of sp³-hybridized carbons (Fsp3) is 0.923. The molecule has 3 nitrogen and oxygen atoms in total. The van der Waals surface area contributed by atoms with Gasteiger partial charge >= 0.3 is 0 Å². The van der Waals surface area contributed by atoms with Crippen molar-refractivity contribution in [2.24, 2.45) is 16.3 Å². The molecule has 0 aliphatic carbocycles. The van der Waals surface area contributed by atoms with E-state index in [0.717, 1.165) is 5.92 Å². The molecule has 0 aromatic heterocycles. The Hall–Kier alpha value is -0.410. The highest BCUT2D eigenvalue weighted by Gasteiger charge is 2.49. The summed E-state index contributed by atoms with van der Waals surface area (Å²) in [6.07, 6.45) is 3.50. The zero-order chi connectivity index (χ0) is 11.4. The third-order valence-electron chi connectivity index (χ3n) is 3.86. The molecular formula is C13H23N3. The highest BCUT2D eigenvalue weighted by atomic mass is 15.4. The van der Waals surface area contributed by atoms with Gasteiger partial charge in [-0.1, -0.05) is 20.8 Å². The second-order valence-corrected chi connectivity index (χ2v) is 7.08. The Morgan fingerprint density at radius 1 is 1.19 bits per heavy atom. The summed E-state index contributed by atoms with van der Waals surface area (Å²) in [4.78, 5) is 10.1. The van der Waals surface area contributed by atoms with Crippen molar-refractivity contribution < 1.29 is 0 Å². The minimum absolute atomic E-state index is 0.216. The van der Waals surface area contributed by atoms with Gasteiger partial charge in [0.2, 0.25) is 0 Å². The van der Waals surface area contributed by atoms with E-state index >= 15 is 0 Å². The first-order valence-electron chi connectivity index (χ1n) is 6.45. The molecule has 3 heteroatoms. The molecule has 0 aromatic rings. The zero-order valence-electron chi connectivity index (χ0n) is 10.7. The quantitative estimate of drug-likeness (QED) is 0.624. The van der Waals surface area contributed by atoms with E-state index in [9.17, 15) is 0 Å². The van der Waals surface area contributed by atoms with Crippen LogP contribution < -0.4 is 0 Å². The van der Waals surface area contributed by atoms with Crippen molar-refractivity contribution in [1.82, 2.24) is 9.80 Å². The van der Waals surface area contributed by atoms with Crippen molar-refractivity contribution in [3.63, 3.8) is 0 Å². The largest absolute Gasteiger partial charge is 0.288 e. The Morgan fingerprint density at radius 3 is 2.31 bits per heavy atom. The maximum atomic E-state index is 4.98. The molecule has 0 radical (unpaired) electrons. The van der Waals surface area contributed by atoms with Crippen LogP contribution in [0.2, 0.25) is 0 Å². The molecule has 16 heavy (non-hydrogen) atoms. The summed E-state index contributed by atoms with van der Waals surface area (Å²) in [6, 6.07) is 0. The molecule has 0 amide bonds. The Balaban J connectivity index is 1.81.